The Kier molecular flexibility index (Phi) is 5.12. The first-order chi connectivity index (χ1) is 10.9. The summed E-state index contributed by atoms with van der Waals surface area (Å²) >= 11 is 0. The molecule has 2 aliphatic rings. The van der Waals surface area contributed by atoms with E-state index >= 15 is 0 Å². The lowest BCUT2D eigenvalue weighted by Crippen LogP contribution is -2.60. The van der Waals surface area contributed by atoms with Crippen molar-refractivity contribution >= 4 is 0 Å². The third-order valence-electron chi connectivity index (χ3n) is 5.80. The van der Waals surface area contributed by atoms with Crippen LogP contribution in [0, 0.1) is 17.3 Å². The van der Waals surface area contributed by atoms with E-state index in [4.69, 9.17) is 9.26 Å². The summed E-state index contributed by atoms with van der Waals surface area (Å²) in [6.07, 6.45) is 5.57. The Balaban J connectivity index is 1.51. The molecule has 0 aromatic carbocycles. The van der Waals surface area contributed by atoms with Crippen molar-refractivity contribution in [1.82, 2.24) is 10.5 Å². The molecule has 1 aliphatic carbocycles. The molecule has 0 unspecified atom stereocenters. The highest BCUT2D eigenvalue weighted by atomic mass is 16.5. The Labute approximate surface area is 140 Å². The summed E-state index contributed by atoms with van der Waals surface area (Å²) in [4.78, 5) is 0. The van der Waals surface area contributed by atoms with Gasteiger partial charge in [0.1, 0.15) is 5.76 Å². The second-order valence-electron chi connectivity index (χ2n) is 8.45. The van der Waals surface area contributed by atoms with Gasteiger partial charge in [-0.15, -0.1) is 0 Å². The molecule has 0 bridgehead atoms. The minimum Gasteiger partial charge on any atom is -0.381 e. The molecule has 2 fully saturated rings. The normalized spacial score (nSPS) is 28.0. The lowest BCUT2D eigenvalue weighted by atomic mass is 9.57. The molecule has 4 nitrogen and oxygen atoms in total. The zero-order valence-electron chi connectivity index (χ0n) is 15.1. The summed E-state index contributed by atoms with van der Waals surface area (Å²) in [5, 5.41) is 8.15. The van der Waals surface area contributed by atoms with Crippen LogP contribution in [0.4, 0.5) is 0 Å². The molecule has 1 aliphatic heterocycles. The molecule has 0 radical (unpaired) electrons. The molecule has 4 heteroatoms. The molecule has 1 aromatic heterocycles. The Bertz CT molecular complexity index is 503. The zero-order valence-corrected chi connectivity index (χ0v) is 15.1. The monoisotopic (exact) mass is 320 g/mol. The molecule has 2 heterocycles. The van der Waals surface area contributed by atoms with Crippen molar-refractivity contribution < 1.29 is 9.26 Å². The fourth-order valence-electron chi connectivity index (χ4n) is 4.00. The Morgan fingerprint density at radius 2 is 2.04 bits per heavy atom. The molecule has 2 atom stereocenters. The van der Waals surface area contributed by atoms with E-state index in [1.807, 2.05) is 0 Å². The first-order valence-electron chi connectivity index (χ1n) is 9.23. The van der Waals surface area contributed by atoms with Gasteiger partial charge in [-0.05, 0) is 42.9 Å². The minimum atomic E-state index is 0.329. The second kappa shape index (κ2) is 6.94. The van der Waals surface area contributed by atoms with E-state index in [1.165, 1.54) is 6.42 Å². The summed E-state index contributed by atoms with van der Waals surface area (Å²) in [6, 6.07) is 3.42. The van der Waals surface area contributed by atoms with Gasteiger partial charge in [-0.25, -0.2) is 0 Å². The van der Waals surface area contributed by atoms with Crippen LogP contribution in [0.3, 0.4) is 0 Å². The van der Waals surface area contributed by atoms with Gasteiger partial charge in [0.05, 0.1) is 5.69 Å². The highest BCUT2D eigenvalue weighted by Crippen LogP contribution is 2.48. The molecule has 0 amide bonds. The van der Waals surface area contributed by atoms with E-state index in [1.54, 1.807) is 0 Å². The molecule has 130 valence electrons. The maximum absolute atomic E-state index is 5.48. The Morgan fingerprint density at radius 3 is 2.70 bits per heavy atom. The first kappa shape index (κ1) is 17.0. The lowest BCUT2D eigenvalue weighted by molar-refractivity contribution is -0.00757. The van der Waals surface area contributed by atoms with Crippen molar-refractivity contribution in [3.8, 4) is 0 Å². The maximum Gasteiger partial charge on any atom is 0.137 e. The quantitative estimate of drug-likeness (QED) is 0.870. The number of ether oxygens (including phenoxy) is 1. The summed E-state index contributed by atoms with van der Waals surface area (Å²) in [6.45, 7) is 11.0. The average molecular weight is 320 g/mol. The van der Waals surface area contributed by atoms with Crippen LogP contribution < -0.4 is 5.32 Å². The SMILES string of the molecule is CC(C)Cc1cc(C[C@@H]2C[C@H](NC3CCOCC3)C2(C)C)no1. The summed E-state index contributed by atoms with van der Waals surface area (Å²) in [5.41, 5.74) is 1.46. The molecular formula is C19H32N2O2. The number of hydrogen-bond donors (Lipinski definition) is 1. The first-order valence-corrected chi connectivity index (χ1v) is 9.23. The molecular weight excluding hydrogens is 288 g/mol. The highest BCUT2D eigenvalue weighted by Gasteiger charge is 2.48. The van der Waals surface area contributed by atoms with Gasteiger partial charge in [0.15, 0.2) is 0 Å². The fourth-order valence-corrected chi connectivity index (χ4v) is 4.00. The summed E-state index contributed by atoms with van der Waals surface area (Å²) < 4.78 is 10.9. The van der Waals surface area contributed by atoms with E-state index in [0.717, 1.165) is 50.4 Å². The fraction of sp³-hybridized carbons (Fsp3) is 0.842. The summed E-state index contributed by atoms with van der Waals surface area (Å²) in [7, 11) is 0. The number of aromatic nitrogens is 1. The highest BCUT2D eigenvalue weighted by molar-refractivity contribution is 5.12. The largest absolute Gasteiger partial charge is 0.381 e. The molecule has 1 aromatic rings. The standard InChI is InChI=1S/C19H32N2O2/c1-13(2)9-17-12-16(21-23-17)10-14-11-18(19(14,3)4)20-15-5-7-22-8-6-15/h12-15,18,20H,5-11H2,1-4H3/t14-,18+/m1/s1. The number of nitrogens with zero attached hydrogens (tertiary/aromatic N) is 1. The predicted molar refractivity (Wildman–Crippen MR) is 91.4 cm³/mol. The smallest absolute Gasteiger partial charge is 0.137 e. The van der Waals surface area contributed by atoms with Crippen molar-refractivity contribution in [3.05, 3.63) is 17.5 Å². The number of hydrogen-bond acceptors (Lipinski definition) is 4. The van der Waals surface area contributed by atoms with Gasteiger partial charge >= 0.3 is 0 Å². The predicted octanol–water partition coefficient (Wildman–Crippen LogP) is 3.60. The number of nitrogens with one attached hydrogen (secondary N) is 1. The second-order valence-corrected chi connectivity index (χ2v) is 8.45. The Morgan fingerprint density at radius 1 is 1.30 bits per heavy atom. The van der Waals surface area contributed by atoms with Crippen LogP contribution in [-0.2, 0) is 17.6 Å². The maximum atomic E-state index is 5.48. The molecule has 3 rings (SSSR count). The zero-order chi connectivity index (χ0) is 16.4. The van der Waals surface area contributed by atoms with Gasteiger partial charge in [-0.2, -0.15) is 0 Å². The molecule has 23 heavy (non-hydrogen) atoms. The van der Waals surface area contributed by atoms with Gasteiger partial charge in [0, 0.05) is 37.8 Å². The van der Waals surface area contributed by atoms with E-state index in [2.05, 4.69) is 44.2 Å². The van der Waals surface area contributed by atoms with Crippen LogP contribution in [0.25, 0.3) is 0 Å². The van der Waals surface area contributed by atoms with Gasteiger partial charge in [0.25, 0.3) is 0 Å². The van der Waals surface area contributed by atoms with Crippen LogP contribution in [-0.4, -0.2) is 30.5 Å². The van der Waals surface area contributed by atoms with Gasteiger partial charge in [-0.1, -0.05) is 32.9 Å². The minimum absolute atomic E-state index is 0.329. The molecule has 1 saturated heterocycles. The van der Waals surface area contributed by atoms with Crippen molar-refractivity contribution in [2.45, 2.75) is 71.9 Å². The summed E-state index contributed by atoms with van der Waals surface area (Å²) in [5.74, 6) is 2.34. The van der Waals surface area contributed by atoms with Crippen LogP contribution in [0.5, 0.6) is 0 Å². The molecule has 0 spiro atoms. The van der Waals surface area contributed by atoms with E-state index < -0.39 is 0 Å². The van der Waals surface area contributed by atoms with Crippen molar-refractivity contribution in [1.29, 1.82) is 0 Å². The van der Waals surface area contributed by atoms with E-state index in [9.17, 15) is 0 Å². The van der Waals surface area contributed by atoms with Gasteiger partial charge < -0.3 is 14.6 Å². The third-order valence-corrected chi connectivity index (χ3v) is 5.80. The average Bonchev–Trinajstić information content (AvgIpc) is 2.94. The molecule has 1 N–H and O–H groups in total. The van der Waals surface area contributed by atoms with E-state index in [0.29, 0.717) is 29.3 Å². The third kappa shape index (κ3) is 3.97. The Hall–Kier alpha value is -0.870. The van der Waals surface area contributed by atoms with Crippen LogP contribution in [0.15, 0.2) is 10.6 Å². The topological polar surface area (TPSA) is 47.3 Å². The van der Waals surface area contributed by atoms with E-state index in [-0.39, 0.29) is 0 Å². The number of rotatable bonds is 6. The van der Waals surface area contributed by atoms with Crippen LogP contribution >= 0.6 is 0 Å². The van der Waals surface area contributed by atoms with Crippen LogP contribution in [0.1, 0.15) is 58.4 Å². The van der Waals surface area contributed by atoms with Crippen molar-refractivity contribution in [2.24, 2.45) is 17.3 Å². The van der Waals surface area contributed by atoms with Crippen molar-refractivity contribution in [3.63, 3.8) is 0 Å². The van der Waals surface area contributed by atoms with Gasteiger partial charge in [-0.3, -0.25) is 0 Å². The molecule has 1 saturated carbocycles. The lowest BCUT2D eigenvalue weighted by Gasteiger charge is -2.54. The van der Waals surface area contributed by atoms with Crippen LogP contribution in [0.2, 0.25) is 0 Å². The van der Waals surface area contributed by atoms with Crippen molar-refractivity contribution in [2.75, 3.05) is 13.2 Å². The van der Waals surface area contributed by atoms with Gasteiger partial charge in [0.2, 0.25) is 0 Å².